The minimum Gasteiger partial charge on any atom is -0.377 e. The number of hydrogen-bond acceptors (Lipinski definition) is 4. The van der Waals surface area contributed by atoms with E-state index in [4.69, 9.17) is 15.2 Å². The number of amides is 1. The van der Waals surface area contributed by atoms with E-state index in [9.17, 15) is 4.79 Å². The lowest BCUT2D eigenvalue weighted by Gasteiger charge is -2.20. The van der Waals surface area contributed by atoms with Crippen LogP contribution < -0.4 is 5.73 Å². The zero-order valence-electron chi connectivity index (χ0n) is 11.0. The van der Waals surface area contributed by atoms with E-state index in [-0.39, 0.29) is 24.0 Å². The maximum Gasteiger partial charge on any atom is 0.225 e. The predicted octanol–water partition coefficient (Wildman–Crippen LogP) is 0.234. The largest absolute Gasteiger partial charge is 0.377 e. The molecule has 5 nitrogen and oxygen atoms in total. The van der Waals surface area contributed by atoms with Gasteiger partial charge in [0.25, 0.3) is 0 Å². The monoisotopic (exact) mass is 244 g/mol. The number of nitrogens with two attached hydrogens (primary N) is 1. The van der Waals surface area contributed by atoms with Crippen LogP contribution in [0, 0.1) is 5.92 Å². The van der Waals surface area contributed by atoms with Crippen LogP contribution in [0.25, 0.3) is 0 Å². The lowest BCUT2D eigenvalue weighted by molar-refractivity contribution is -0.134. The van der Waals surface area contributed by atoms with Crippen LogP contribution in [-0.4, -0.2) is 56.9 Å². The number of rotatable bonds is 6. The van der Waals surface area contributed by atoms with Crippen LogP contribution in [0.15, 0.2) is 0 Å². The molecule has 5 heteroatoms. The highest BCUT2D eigenvalue weighted by Gasteiger charge is 2.36. The molecule has 1 fully saturated rings. The lowest BCUT2D eigenvalue weighted by atomic mass is 10.0. The zero-order chi connectivity index (χ0) is 12.8. The summed E-state index contributed by atoms with van der Waals surface area (Å²) in [6, 6.07) is 0. The van der Waals surface area contributed by atoms with Crippen LogP contribution in [0.3, 0.4) is 0 Å². The Balaban J connectivity index is 2.48. The fourth-order valence-corrected chi connectivity index (χ4v) is 2.24. The quantitative estimate of drug-likeness (QED) is 0.726. The van der Waals surface area contributed by atoms with Crippen molar-refractivity contribution in [3.63, 3.8) is 0 Å². The summed E-state index contributed by atoms with van der Waals surface area (Å²) in [5, 5.41) is 0. The van der Waals surface area contributed by atoms with Gasteiger partial charge in [0.1, 0.15) is 12.2 Å². The molecule has 0 aromatic rings. The number of carbonyl (C=O) groups is 1. The number of nitrogens with zero attached hydrogens (tertiary/aromatic N) is 1. The minimum atomic E-state index is -0.00865. The number of likely N-dealkylation sites (tertiary alicyclic amines) is 1. The molecule has 0 saturated carbocycles. The summed E-state index contributed by atoms with van der Waals surface area (Å²) in [6.07, 6.45) is 1.72. The first-order valence-corrected chi connectivity index (χ1v) is 6.18. The molecule has 2 N–H and O–H groups in total. The smallest absolute Gasteiger partial charge is 0.225 e. The molecule has 1 aliphatic heterocycles. The normalized spacial score (nSPS) is 26.2. The van der Waals surface area contributed by atoms with Gasteiger partial charge in [-0.05, 0) is 19.4 Å². The van der Waals surface area contributed by atoms with Gasteiger partial charge in [-0.3, -0.25) is 4.79 Å². The summed E-state index contributed by atoms with van der Waals surface area (Å²) in [5.41, 5.74) is 5.45. The van der Waals surface area contributed by atoms with E-state index in [2.05, 4.69) is 0 Å². The van der Waals surface area contributed by atoms with E-state index in [1.54, 1.807) is 14.2 Å². The Labute approximate surface area is 103 Å². The Hall–Kier alpha value is -0.650. The molecule has 1 aliphatic rings. The Bertz CT molecular complexity index is 236. The van der Waals surface area contributed by atoms with E-state index in [0.29, 0.717) is 19.6 Å². The summed E-state index contributed by atoms with van der Waals surface area (Å²) >= 11 is 0. The van der Waals surface area contributed by atoms with Crippen LogP contribution in [0.2, 0.25) is 0 Å². The number of carbonyl (C=O) groups excluding carboxylic acids is 1. The first kappa shape index (κ1) is 14.4. The van der Waals surface area contributed by atoms with Crippen LogP contribution in [0.4, 0.5) is 0 Å². The van der Waals surface area contributed by atoms with E-state index < -0.39 is 0 Å². The third kappa shape index (κ3) is 3.66. The summed E-state index contributed by atoms with van der Waals surface area (Å²) in [7, 11) is 3.31. The van der Waals surface area contributed by atoms with Gasteiger partial charge >= 0.3 is 0 Å². The molecule has 100 valence electrons. The van der Waals surface area contributed by atoms with Gasteiger partial charge in [-0.1, -0.05) is 6.92 Å². The van der Waals surface area contributed by atoms with Gasteiger partial charge in [-0.25, -0.2) is 0 Å². The fourth-order valence-electron chi connectivity index (χ4n) is 2.24. The molecule has 0 radical (unpaired) electrons. The number of hydrogen-bond donors (Lipinski definition) is 1. The molecule has 3 atom stereocenters. The van der Waals surface area contributed by atoms with E-state index in [1.165, 1.54) is 0 Å². The second kappa shape index (κ2) is 6.93. The third-order valence-corrected chi connectivity index (χ3v) is 3.40. The molecule has 17 heavy (non-hydrogen) atoms. The van der Waals surface area contributed by atoms with Crippen LogP contribution in [-0.2, 0) is 14.3 Å². The van der Waals surface area contributed by atoms with E-state index >= 15 is 0 Å². The second-order valence-electron chi connectivity index (χ2n) is 4.62. The zero-order valence-corrected chi connectivity index (χ0v) is 11.0. The van der Waals surface area contributed by atoms with Crippen LogP contribution >= 0.6 is 0 Å². The molecule has 0 aromatic carbocycles. The maximum atomic E-state index is 12.1. The summed E-state index contributed by atoms with van der Waals surface area (Å²) in [4.78, 5) is 14.0. The SMILES string of the molecule is COC1CN(C(=O)C(C)CCCN)CC1OC. The van der Waals surface area contributed by atoms with Crippen molar-refractivity contribution in [1.29, 1.82) is 0 Å². The van der Waals surface area contributed by atoms with Gasteiger partial charge in [0, 0.05) is 33.2 Å². The van der Waals surface area contributed by atoms with Crippen molar-refractivity contribution < 1.29 is 14.3 Å². The van der Waals surface area contributed by atoms with Gasteiger partial charge in [-0.2, -0.15) is 0 Å². The number of methoxy groups -OCH3 is 2. The topological polar surface area (TPSA) is 64.8 Å². The highest BCUT2D eigenvalue weighted by atomic mass is 16.5. The number of ether oxygens (including phenoxy) is 2. The van der Waals surface area contributed by atoms with Crippen molar-refractivity contribution >= 4 is 5.91 Å². The molecule has 3 unspecified atom stereocenters. The highest BCUT2D eigenvalue weighted by Crippen LogP contribution is 2.19. The molecule has 1 heterocycles. The van der Waals surface area contributed by atoms with E-state index in [1.807, 2.05) is 11.8 Å². The standard InChI is InChI=1S/C12H24N2O3/c1-9(5-4-6-13)12(15)14-7-10(16-2)11(8-14)17-3/h9-11H,4-8,13H2,1-3H3. The molecule has 1 amide bonds. The van der Waals surface area contributed by atoms with Crippen molar-refractivity contribution in [2.75, 3.05) is 33.9 Å². The lowest BCUT2D eigenvalue weighted by Crippen LogP contribution is -2.34. The Morgan fingerprint density at radius 2 is 1.88 bits per heavy atom. The minimum absolute atomic E-state index is 0.00865. The van der Waals surface area contributed by atoms with Gasteiger partial charge in [-0.15, -0.1) is 0 Å². The molecule has 1 saturated heterocycles. The summed E-state index contributed by atoms with van der Waals surface area (Å²) in [6.45, 7) is 3.85. The third-order valence-electron chi connectivity index (χ3n) is 3.40. The van der Waals surface area contributed by atoms with Crippen molar-refractivity contribution in [2.24, 2.45) is 11.7 Å². The molecular formula is C12H24N2O3. The Morgan fingerprint density at radius 3 is 2.29 bits per heavy atom. The van der Waals surface area contributed by atoms with Gasteiger partial charge in [0.05, 0.1) is 0 Å². The first-order valence-electron chi connectivity index (χ1n) is 6.18. The Kier molecular flexibility index (Phi) is 5.88. The fraction of sp³-hybridized carbons (Fsp3) is 0.917. The molecule has 0 spiro atoms. The van der Waals surface area contributed by atoms with Crippen molar-refractivity contribution in [1.82, 2.24) is 4.90 Å². The molecule has 0 aliphatic carbocycles. The maximum absolute atomic E-state index is 12.1. The molecule has 0 bridgehead atoms. The summed E-state index contributed by atoms with van der Waals surface area (Å²) < 4.78 is 10.6. The molecule has 0 aromatic heterocycles. The van der Waals surface area contributed by atoms with Crippen LogP contribution in [0.1, 0.15) is 19.8 Å². The molecule has 1 rings (SSSR count). The Morgan fingerprint density at radius 1 is 1.35 bits per heavy atom. The predicted molar refractivity (Wildman–Crippen MR) is 65.6 cm³/mol. The van der Waals surface area contributed by atoms with Gasteiger partial charge in [0.15, 0.2) is 0 Å². The van der Waals surface area contributed by atoms with E-state index in [0.717, 1.165) is 12.8 Å². The first-order chi connectivity index (χ1) is 8.13. The second-order valence-corrected chi connectivity index (χ2v) is 4.62. The highest BCUT2D eigenvalue weighted by molar-refractivity contribution is 5.78. The molecular weight excluding hydrogens is 220 g/mol. The van der Waals surface area contributed by atoms with Crippen molar-refractivity contribution in [2.45, 2.75) is 32.0 Å². The van der Waals surface area contributed by atoms with Crippen LogP contribution in [0.5, 0.6) is 0 Å². The summed E-state index contributed by atoms with van der Waals surface area (Å²) in [5.74, 6) is 0.215. The average Bonchev–Trinajstić information content (AvgIpc) is 2.77. The van der Waals surface area contributed by atoms with Crippen molar-refractivity contribution in [3.8, 4) is 0 Å². The average molecular weight is 244 g/mol. The van der Waals surface area contributed by atoms with Crippen molar-refractivity contribution in [3.05, 3.63) is 0 Å². The van der Waals surface area contributed by atoms with Gasteiger partial charge in [0.2, 0.25) is 5.91 Å². The van der Waals surface area contributed by atoms with Gasteiger partial charge < -0.3 is 20.1 Å².